The second kappa shape index (κ2) is 8.34. The van der Waals surface area contributed by atoms with Crippen molar-refractivity contribution in [3.8, 4) is 11.4 Å². The largest absolute Gasteiger partial charge is 0.370 e. The van der Waals surface area contributed by atoms with Crippen LogP contribution in [0.15, 0.2) is 47.4 Å². The maximum Gasteiger partial charge on any atom is 0.248 e. The highest BCUT2D eigenvalue weighted by Crippen LogP contribution is 2.27. The number of H-pyrrole nitrogens is 1. The Labute approximate surface area is 161 Å². The quantitative estimate of drug-likeness (QED) is 0.657. The average Bonchev–Trinajstić information content (AvgIpc) is 2.64. The van der Waals surface area contributed by atoms with E-state index < -0.39 is 0 Å². The third-order valence-corrected chi connectivity index (χ3v) is 4.62. The van der Waals surface area contributed by atoms with Gasteiger partial charge in [0.1, 0.15) is 5.82 Å². The summed E-state index contributed by atoms with van der Waals surface area (Å²) in [5.41, 5.74) is 2.61. The summed E-state index contributed by atoms with van der Waals surface area (Å²) in [6.45, 7) is 2.70. The molecule has 26 heavy (non-hydrogen) atoms. The maximum absolute atomic E-state index is 11.3. The first kappa shape index (κ1) is 18.4. The molecule has 3 aromatic rings. The van der Waals surface area contributed by atoms with E-state index in [-0.39, 0.29) is 5.56 Å². The van der Waals surface area contributed by atoms with Crippen molar-refractivity contribution in [1.82, 2.24) is 15.0 Å². The van der Waals surface area contributed by atoms with Crippen LogP contribution in [0.1, 0.15) is 18.2 Å². The molecule has 0 amide bonds. The third kappa shape index (κ3) is 4.62. The zero-order chi connectivity index (χ0) is 18.5. The molecular weight excluding hydrogens is 371 g/mol. The summed E-state index contributed by atoms with van der Waals surface area (Å²) < 4.78 is 0. The van der Waals surface area contributed by atoms with Gasteiger partial charge in [-0.1, -0.05) is 30.1 Å². The van der Waals surface area contributed by atoms with Gasteiger partial charge >= 0.3 is 0 Å². The van der Waals surface area contributed by atoms with Crippen LogP contribution in [0.5, 0.6) is 0 Å². The zero-order valence-electron chi connectivity index (χ0n) is 14.2. The predicted molar refractivity (Wildman–Crippen MR) is 106 cm³/mol. The Morgan fingerprint density at radius 3 is 2.65 bits per heavy atom. The fourth-order valence-electron chi connectivity index (χ4n) is 2.51. The van der Waals surface area contributed by atoms with Crippen molar-refractivity contribution >= 4 is 29.0 Å². The normalized spacial score (nSPS) is 10.7. The lowest BCUT2D eigenvalue weighted by molar-refractivity contribution is 0.967. The molecule has 0 atom stereocenters. The summed E-state index contributed by atoms with van der Waals surface area (Å²) in [5, 5.41) is 4.27. The lowest BCUT2D eigenvalue weighted by Crippen LogP contribution is -2.10. The van der Waals surface area contributed by atoms with Gasteiger partial charge in [-0.2, -0.15) is 0 Å². The number of halogens is 2. The van der Waals surface area contributed by atoms with Crippen LogP contribution >= 0.6 is 23.2 Å². The number of nitrogens with one attached hydrogen (secondary N) is 2. The van der Waals surface area contributed by atoms with Gasteiger partial charge in [0, 0.05) is 36.1 Å². The van der Waals surface area contributed by atoms with Crippen LogP contribution in [-0.2, 0) is 12.8 Å². The van der Waals surface area contributed by atoms with E-state index in [1.807, 2.05) is 25.1 Å². The molecule has 0 unspecified atom stereocenters. The van der Waals surface area contributed by atoms with Crippen molar-refractivity contribution in [2.45, 2.75) is 19.8 Å². The molecule has 2 heterocycles. The van der Waals surface area contributed by atoms with Gasteiger partial charge in [-0.25, -0.2) is 9.97 Å². The van der Waals surface area contributed by atoms with Crippen LogP contribution in [0.2, 0.25) is 10.0 Å². The number of aryl methyl sites for hydroxylation is 1. The van der Waals surface area contributed by atoms with E-state index in [1.54, 1.807) is 24.4 Å². The van der Waals surface area contributed by atoms with Gasteiger partial charge in [-0.3, -0.25) is 4.79 Å². The molecule has 0 spiro atoms. The molecule has 2 N–H and O–H groups in total. The van der Waals surface area contributed by atoms with Crippen LogP contribution in [0.3, 0.4) is 0 Å². The van der Waals surface area contributed by atoms with Gasteiger partial charge < -0.3 is 10.3 Å². The fraction of sp³-hybridized carbons (Fsp3) is 0.211. The third-order valence-electron chi connectivity index (χ3n) is 3.88. The van der Waals surface area contributed by atoms with E-state index in [1.165, 1.54) is 0 Å². The number of nitrogens with zero attached hydrogens (tertiary/aromatic N) is 2. The summed E-state index contributed by atoms with van der Waals surface area (Å²) in [7, 11) is 0. The maximum atomic E-state index is 11.3. The molecule has 5 nitrogen and oxygen atoms in total. The minimum absolute atomic E-state index is 0.0975. The first-order valence-electron chi connectivity index (χ1n) is 8.30. The fourth-order valence-corrected chi connectivity index (χ4v) is 2.81. The van der Waals surface area contributed by atoms with Crippen LogP contribution in [0.25, 0.3) is 11.4 Å². The number of hydrogen-bond donors (Lipinski definition) is 2. The number of rotatable bonds is 6. The summed E-state index contributed by atoms with van der Waals surface area (Å²) >= 11 is 12.1. The molecule has 2 aromatic heterocycles. The topological polar surface area (TPSA) is 70.7 Å². The van der Waals surface area contributed by atoms with Crippen molar-refractivity contribution in [1.29, 1.82) is 0 Å². The standard InChI is InChI=1S/C19H18Cl2N4O/c1-2-14-11-17(22-7-5-12-6-8-23-18(26)9-12)25-19(24-14)13-3-4-15(20)16(21)10-13/h3-4,6,8-11H,2,5,7H2,1H3,(H,23,26)(H,22,24,25). The summed E-state index contributed by atoms with van der Waals surface area (Å²) in [4.78, 5) is 23.1. The van der Waals surface area contributed by atoms with Crippen LogP contribution < -0.4 is 10.9 Å². The second-order valence-corrected chi connectivity index (χ2v) is 6.60. The molecule has 0 aliphatic heterocycles. The van der Waals surface area contributed by atoms with Crippen molar-refractivity contribution in [3.05, 3.63) is 74.3 Å². The van der Waals surface area contributed by atoms with Gasteiger partial charge in [-0.15, -0.1) is 0 Å². The van der Waals surface area contributed by atoms with Crippen molar-refractivity contribution in [2.24, 2.45) is 0 Å². The molecule has 0 saturated heterocycles. The molecule has 0 saturated carbocycles. The van der Waals surface area contributed by atoms with Gasteiger partial charge in [0.25, 0.3) is 0 Å². The minimum atomic E-state index is -0.0975. The Morgan fingerprint density at radius 1 is 1.08 bits per heavy atom. The molecule has 0 fully saturated rings. The first-order valence-corrected chi connectivity index (χ1v) is 9.05. The van der Waals surface area contributed by atoms with Gasteiger partial charge in [-0.05, 0) is 42.7 Å². The monoisotopic (exact) mass is 388 g/mol. The number of aromatic nitrogens is 3. The zero-order valence-corrected chi connectivity index (χ0v) is 15.7. The molecule has 0 bridgehead atoms. The lowest BCUT2D eigenvalue weighted by Gasteiger charge is -2.10. The van der Waals surface area contributed by atoms with E-state index in [2.05, 4.69) is 20.3 Å². The van der Waals surface area contributed by atoms with Gasteiger partial charge in [0.15, 0.2) is 5.82 Å². The summed E-state index contributed by atoms with van der Waals surface area (Å²) in [6.07, 6.45) is 3.16. The van der Waals surface area contributed by atoms with Gasteiger partial charge in [0.05, 0.1) is 10.0 Å². The average molecular weight is 389 g/mol. The number of pyridine rings is 1. The van der Waals surface area contributed by atoms with Gasteiger partial charge in [0.2, 0.25) is 5.56 Å². The van der Waals surface area contributed by atoms with E-state index in [0.717, 1.165) is 35.5 Å². The second-order valence-electron chi connectivity index (χ2n) is 5.79. The van der Waals surface area contributed by atoms with E-state index >= 15 is 0 Å². The SMILES string of the molecule is CCc1cc(NCCc2cc[nH]c(=O)c2)nc(-c2ccc(Cl)c(Cl)c2)n1. The molecule has 134 valence electrons. The molecule has 3 rings (SSSR count). The minimum Gasteiger partial charge on any atom is -0.370 e. The lowest BCUT2D eigenvalue weighted by atomic mass is 10.2. The molecule has 0 radical (unpaired) electrons. The molecule has 1 aromatic carbocycles. The number of hydrogen-bond acceptors (Lipinski definition) is 4. The summed E-state index contributed by atoms with van der Waals surface area (Å²) in [6, 6.07) is 10.8. The Bertz CT molecular complexity index is 972. The number of benzene rings is 1. The molecule has 7 heteroatoms. The Balaban J connectivity index is 1.78. The van der Waals surface area contributed by atoms with Crippen LogP contribution in [0, 0.1) is 0 Å². The highest BCUT2D eigenvalue weighted by atomic mass is 35.5. The van der Waals surface area contributed by atoms with Crippen molar-refractivity contribution in [2.75, 3.05) is 11.9 Å². The van der Waals surface area contributed by atoms with E-state index in [0.29, 0.717) is 22.4 Å². The highest BCUT2D eigenvalue weighted by molar-refractivity contribution is 6.42. The molecule has 0 aliphatic rings. The smallest absolute Gasteiger partial charge is 0.248 e. The molecule has 0 aliphatic carbocycles. The number of aromatic amines is 1. The summed E-state index contributed by atoms with van der Waals surface area (Å²) in [5.74, 6) is 1.34. The van der Waals surface area contributed by atoms with Crippen molar-refractivity contribution < 1.29 is 0 Å². The predicted octanol–water partition coefficient (Wildman–Crippen LogP) is 4.36. The Hall–Kier alpha value is -2.37. The Kier molecular flexibility index (Phi) is 5.91. The van der Waals surface area contributed by atoms with Crippen LogP contribution in [-0.4, -0.2) is 21.5 Å². The van der Waals surface area contributed by atoms with E-state index in [4.69, 9.17) is 23.2 Å². The van der Waals surface area contributed by atoms with E-state index in [9.17, 15) is 4.79 Å². The van der Waals surface area contributed by atoms with Crippen molar-refractivity contribution in [3.63, 3.8) is 0 Å². The number of anilines is 1. The van der Waals surface area contributed by atoms with Crippen LogP contribution in [0.4, 0.5) is 5.82 Å². The first-order chi connectivity index (χ1) is 12.5. The Morgan fingerprint density at radius 2 is 1.92 bits per heavy atom. The highest BCUT2D eigenvalue weighted by Gasteiger charge is 2.08. The molecular formula is C19H18Cl2N4O.